The average Bonchev–Trinajstić information content (AvgIpc) is 2.48. The van der Waals surface area contributed by atoms with Gasteiger partial charge in [0.05, 0.1) is 6.07 Å². The molecular formula is C13H17F3N6S. The molecule has 0 saturated heterocycles. The van der Waals surface area contributed by atoms with E-state index in [0.717, 1.165) is 25.0 Å². The van der Waals surface area contributed by atoms with E-state index in [-0.39, 0.29) is 11.8 Å². The van der Waals surface area contributed by atoms with Crippen LogP contribution in [-0.4, -0.2) is 34.4 Å². The van der Waals surface area contributed by atoms with Crippen molar-refractivity contribution in [3.63, 3.8) is 0 Å². The fourth-order valence-electron chi connectivity index (χ4n) is 1.47. The number of anilines is 1. The Kier molecular flexibility index (Phi) is 8.18. The van der Waals surface area contributed by atoms with E-state index >= 15 is 0 Å². The Morgan fingerprint density at radius 1 is 1.39 bits per heavy atom. The topological polar surface area (TPSA) is 100.0 Å². The van der Waals surface area contributed by atoms with Crippen LogP contribution < -0.4 is 11.1 Å². The molecule has 0 aromatic carbocycles. The van der Waals surface area contributed by atoms with Crippen molar-refractivity contribution in [1.82, 2.24) is 9.97 Å². The third-order valence-corrected chi connectivity index (χ3v) is 3.43. The molecule has 0 unspecified atom stereocenters. The van der Waals surface area contributed by atoms with Crippen molar-refractivity contribution in [2.24, 2.45) is 10.7 Å². The lowest BCUT2D eigenvalue weighted by molar-refractivity contribution is -0.118. The van der Waals surface area contributed by atoms with Gasteiger partial charge in [0.1, 0.15) is 12.4 Å². The summed E-state index contributed by atoms with van der Waals surface area (Å²) in [4.78, 5) is 11.4. The minimum Gasteiger partial charge on any atom is -0.370 e. The summed E-state index contributed by atoms with van der Waals surface area (Å²) in [5, 5.41) is 11.4. The molecule has 1 aromatic rings. The van der Waals surface area contributed by atoms with Gasteiger partial charge < -0.3 is 11.1 Å². The molecule has 0 aliphatic carbocycles. The molecule has 1 rings (SSSR count). The van der Waals surface area contributed by atoms with Crippen LogP contribution in [0.3, 0.4) is 0 Å². The van der Waals surface area contributed by atoms with Crippen LogP contribution in [0.25, 0.3) is 0 Å². The Hall–Kier alpha value is -2.02. The number of hydrogen-bond donors (Lipinski definition) is 2. The summed E-state index contributed by atoms with van der Waals surface area (Å²) >= 11 is 1.43. The number of nitrogens with one attached hydrogen (secondary N) is 1. The number of thioether (sulfide) groups is 1. The van der Waals surface area contributed by atoms with Crippen LogP contribution in [0.5, 0.6) is 0 Å². The second-order valence-corrected chi connectivity index (χ2v) is 5.55. The first-order chi connectivity index (χ1) is 10.9. The number of unbranched alkanes of at least 4 members (excludes halogenated alkanes) is 3. The lowest BCUT2D eigenvalue weighted by atomic mass is 10.2. The molecule has 0 spiro atoms. The Morgan fingerprint density at radius 2 is 2.17 bits per heavy atom. The van der Waals surface area contributed by atoms with E-state index in [1.165, 1.54) is 24.0 Å². The highest BCUT2D eigenvalue weighted by atomic mass is 32.2. The lowest BCUT2D eigenvalue weighted by Gasteiger charge is -2.07. The van der Waals surface area contributed by atoms with E-state index in [1.807, 2.05) is 0 Å². The first-order valence-corrected chi connectivity index (χ1v) is 7.86. The van der Waals surface area contributed by atoms with Crippen LogP contribution >= 0.6 is 11.8 Å². The Labute approximate surface area is 136 Å². The van der Waals surface area contributed by atoms with Crippen molar-refractivity contribution in [3.05, 3.63) is 12.3 Å². The molecule has 10 heteroatoms. The van der Waals surface area contributed by atoms with Gasteiger partial charge in [-0.15, -0.1) is 0 Å². The van der Waals surface area contributed by atoms with Crippen LogP contribution in [0.4, 0.5) is 19.0 Å². The Morgan fingerprint density at radius 3 is 2.87 bits per heavy atom. The van der Waals surface area contributed by atoms with Crippen LogP contribution in [0.1, 0.15) is 25.7 Å². The second-order valence-electron chi connectivity index (χ2n) is 4.48. The van der Waals surface area contributed by atoms with E-state index in [2.05, 4.69) is 26.3 Å². The number of nitrogens with zero attached hydrogens (tertiary/aromatic N) is 4. The molecule has 0 bridgehead atoms. The van der Waals surface area contributed by atoms with Crippen LogP contribution in [0, 0.1) is 11.3 Å². The summed E-state index contributed by atoms with van der Waals surface area (Å²) < 4.78 is 36.1. The number of alkyl halides is 3. The molecule has 0 radical (unpaired) electrons. The fraction of sp³-hybridized carbons (Fsp3) is 0.538. The normalized spacial score (nSPS) is 12.0. The van der Waals surface area contributed by atoms with Gasteiger partial charge in [-0.3, -0.25) is 0 Å². The molecule has 0 saturated carbocycles. The van der Waals surface area contributed by atoms with Crippen molar-refractivity contribution in [3.8, 4) is 6.07 Å². The van der Waals surface area contributed by atoms with Crippen molar-refractivity contribution < 1.29 is 13.2 Å². The van der Waals surface area contributed by atoms with Gasteiger partial charge >= 0.3 is 6.18 Å². The van der Waals surface area contributed by atoms with Crippen molar-refractivity contribution in [2.75, 3.05) is 17.6 Å². The molecule has 1 aromatic heterocycles. The number of hydrogen-bond acceptors (Lipinski definition) is 5. The third kappa shape index (κ3) is 9.57. The average molecular weight is 346 g/mol. The van der Waals surface area contributed by atoms with Gasteiger partial charge in [-0.1, -0.05) is 18.2 Å². The van der Waals surface area contributed by atoms with Crippen molar-refractivity contribution in [1.29, 1.82) is 5.26 Å². The zero-order chi connectivity index (χ0) is 17.1. The number of halogens is 3. The number of aromatic nitrogens is 2. The molecule has 0 aliphatic rings. The van der Waals surface area contributed by atoms with E-state index < -0.39 is 12.7 Å². The molecular weight excluding hydrogens is 329 g/mol. The zero-order valence-electron chi connectivity index (χ0n) is 12.3. The molecule has 126 valence electrons. The first-order valence-electron chi connectivity index (χ1n) is 6.87. The largest absolute Gasteiger partial charge is 0.408 e. The first kappa shape index (κ1) is 19.0. The fourth-order valence-corrected chi connectivity index (χ4v) is 2.30. The summed E-state index contributed by atoms with van der Waals surface area (Å²) in [6.45, 7) is -1.35. The predicted molar refractivity (Wildman–Crippen MR) is 83.0 cm³/mol. The third-order valence-electron chi connectivity index (χ3n) is 2.48. The van der Waals surface area contributed by atoms with Crippen molar-refractivity contribution in [2.45, 2.75) is 37.0 Å². The minimum absolute atomic E-state index is 0.287. The van der Waals surface area contributed by atoms with Crippen LogP contribution in [0.15, 0.2) is 22.4 Å². The number of nitriles is 1. The van der Waals surface area contributed by atoms with E-state index in [4.69, 9.17) is 11.0 Å². The molecule has 6 nitrogen and oxygen atoms in total. The number of aliphatic imine (C=N–C) groups is 1. The summed E-state index contributed by atoms with van der Waals surface area (Å²) in [6.07, 6.45) is 0.399. The zero-order valence-corrected chi connectivity index (χ0v) is 13.1. The Balaban J connectivity index is 2.42. The van der Waals surface area contributed by atoms with Gasteiger partial charge in [0.2, 0.25) is 0 Å². The molecule has 0 fully saturated rings. The number of nitrogens with two attached hydrogens (primary N) is 1. The van der Waals surface area contributed by atoms with Gasteiger partial charge in [-0.05, 0) is 18.9 Å². The SMILES string of the molecule is N#CCCCCCSc1nccc(NC(N)=NCC(F)(F)F)n1. The predicted octanol–water partition coefficient (Wildman–Crippen LogP) is 2.94. The highest BCUT2D eigenvalue weighted by Gasteiger charge is 2.26. The number of guanidine groups is 1. The molecule has 23 heavy (non-hydrogen) atoms. The van der Waals surface area contributed by atoms with Gasteiger partial charge in [0.15, 0.2) is 11.1 Å². The maximum absolute atomic E-state index is 12.0. The Bertz CT molecular complexity index is 555. The quantitative estimate of drug-likeness (QED) is 0.247. The van der Waals surface area contributed by atoms with Crippen LogP contribution in [0.2, 0.25) is 0 Å². The second kappa shape index (κ2) is 9.89. The molecule has 0 atom stereocenters. The summed E-state index contributed by atoms with van der Waals surface area (Å²) in [5.41, 5.74) is 5.38. The molecule has 1 heterocycles. The van der Waals surface area contributed by atoms with E-state index in [1.54, 1.807) is 0 Å². The van der Waals surface area contributed by atoms with Gasteiger partial charge in [0, 0.05) is 18.4 Å². The highest BCUT2D eigenvalue weighted by molar-refractivity contribution is 7.99. The van der Waals surface area contributed by atoms with Gasteiger partial charge in [-0.2, -0.15) is 18.4 Å². The van der Waals surface area contributed by atoms with Crippen molar-refractivity contribution >= 4 is 23.5 Å². The molecule has 3 N–H and O–H groups in total. The summed E-state index contributed by atoms with van der Waals surface area (Å²) in [6, 6.07) is 3.58. The minimum atomic E-state index is -4.40. The smallest absolute Gasteiger partial charge is 0.370 e. The van der Waals surface area contributed by atoms with Gasteiger partial charge in [0.25, 0.3) is 0 Å². The monoisotopic (exact) mass is 346 g/mol. The maximum atomic E-state index is 12.0. The van der Waals surface area contributed by atoms with Gasteiger partial charge in [-0.25, -0.2) is 15.0 Å². The standard InChI is InChI=1S/C13H17F3N6S/c14-13(15,16)9-20-11(18)21-10-5-7-19-12(22-10)23-8-4-2-1-3-6-17/h5,7H,1-4,8-9H2,(H3,18,19,20,21,22). The molecule has 0 amide bonds. The van der Waals surface area contributed by atoms with E-state index in [0.29, 0.717) is 11.6 Å². The summed E-state index contributed by atoms with van der Waals surface area (Å²) in [7, 11) is 0. The molecule has 0 aliphatic heterocycles. The summed E-state index contributed by atoms with van der Waals surface area (Å²) in [5.74, 6) is 0.732. The van der Waals surface area contributed by atoms with Crippen LogP contribution in [-0.2, 0) is 0 Å². The lowest BCUT2D eigenvalue weighted by Crippen LogP contribution is -2.26. The van der Waals surface area contributed by atoms with E-state index in [9.17, 15) is 13.2 Å². The number of rotatable bonds is 8. The highest BCUT2D eigenvalue weighted by Crippen LogP contribution is 2.17. The maximum Gasteiger partial charge on any atom is 0.408 e.